The van der Waals surface area contributed by atoms with E-state index < -0.39 is 0 Å². The lowest BCUT2D eigenvalue weighted by Gasteiger charge is -2.18. The molecule has 33 heavy (non-hydrogen) atoms. The Balaban J connectivity index is 3.07. The normalized spacial score (nSPS) is 12.5. The Morgan fingerprint density at radius 1 is 0.303 bits per heavy atom. The number of nitrogens with one attached hydrogen (secondary N) is 3. The molecule has 0 aromatic rings. The third-order valence-electron chi connectivity index (χ3n) is 6.52. The highest BCUT2D eigenvalue weighted by Gasteiger charge is 2.09. The molecule has 0 aliphatic rings. The molecule has 0 fully saturated rings. The van der Waals surface area contributed by atoms with E-state index in [2.05, 4.69) is 57.5 Å². The van der Waals surface area contributed by atoms with Gasteiger partial charge in [0.1, 0.15) is 0 Å². The lowest BCUT2D eigenvalue weighted by molar-refractivity contribution is 0.365. The molecule has 0 spiro atoms. The summed E-state index contributed by atoms with van der Waals surface area (Å²) in [5, 5.41) is 10.8. The molecule has 3 N–H and O–H groups in total. The fourth-order valence-electron chi connectivity index (χ4n) is 4.07. The monoisotopic (exact) mass is 468 g/mol. The van der Waals surface area contributed by atoms with Crippen LogP contribution in [0.25, 0.3) is 0 Å². The van der Waals surface area contributed by atoms with Crippen LogP contribution in [0.15, 0.2) is 0 Å². The van der Waals surface area contributed by atoms with Crippen molar-refractivity contribution in [3.63, 3.8) is 0 Å². The van der Waals surface area contributed by atoms with Gasteiger partial charge in [0.15, 0.2) is 0 Å². The summed E-state index contributed by atoms with van der Waals surface area (Å²) in [6, 6.07) is 0. The zero-order valence-corrected chi connectivity index (χ0v) is 24.1. The first-order chi connectivity index (χ1) is 15.7. The Morgan fingerprint density at radius 2 is 0.515 bits per heavy atom. The standard InChI is InChI=1S/C30H65N3/c1-29(2,3)21-27-32-25-19-15-11-7-9-13-17-23-31-24-18-14-10-8-12-16-20-26-33-28-22-30(4,5)6/h31-33H,7-28H2,1-6H3. The Hall–Kier alpha value is -0.120. The molecule has 0 aromatic heterocycles. The molecular weight excluding hydrogens is 402 g/mol. The molecule has 0 amide bonds. The second-order valence-corrected chi connectivity index (χ2v) is 12.8. The average Bonchev–Trinajstić information content (AvgIpc) is 2.72. The Kier molecular flexibility index (Phi) is 22.3. The fraction of sp³-hybridized carbons (Fsp3) is 1.00. The molecule has 0 saturated carbocycles. The molecule has 200 valence electrons. The van der Waals surface area contributed by atoms with Gasteiger partial charge in [0.05, 0.1) is 0 Å². The molecule has 3 nitrogen and oxygen atoms in total. The number of hydrogen-bond donors (Lipinski definition) is 3. The SMILES string of the molecule is CC(C)(C)CCNCCCCCCCCCNCCCCCCCCCNCCC(C)(C)C. The molecule has 0 unspecified atom stereocenters. The van der Waals surface area contributed by atoms with Gasteiger partial charge >= 0.3 is 0 Å². The van der Waals surface area contributed by atoms with Gasteiger partial charge in [0.25, 0.3) is 0 Å². The predicted octanol–water partition coefficient (Wildman–Crippen LogP) is 8.09. The minimum Gasteiger partial charge on any atom is -0.317 e. The van der Waals surface area contributed by atoms with Gasteiger partial charge < -0.3 is 16.0 Å². The van der Waals surface area contributed by atoms with Gasteiger partial charge in [-0.1, -0.05) is 106 Å². The van der Waals surface area contributed by atoms with Crippen molar-refractivity contribution in [3.05, 3.63) is 0 Å². The van der Waals surface area contributed by atoms with E-state index in [0.29, 0.717) is 10.8 Å². The number of hydrogen-bond acceptors (Lipinski definition) is 3. The van der Waals surface area contributed by atoms with E-state index in [1.807, 2.05) is 0 Å². The minimum atomic E-state index is 0.463. The number of unbranched alkanes of at least 4 members (excludes halogenated alkanes) is 12. The maximum atomic E-state index is 3.65. The first-order valence-corrected chi connectivity index (χ1v) is 14.8. The van der Waals surface area contributed by atoms with Crippen molar-refractivity contribution < 1.29 is 0 Å². The molecule has 0 aromatic carbocycles. The minimum absolute atomic E-state index is 0.463. The van der Waals surface area contributed by atoms with Crippen LogP contribution in [0, 0.1) is 10.8 Å². The van der Waals surface area contributed by atoms with E-state index >= 15 is 0 Å². The van der Waals surface area contributed by atoms with Gasteiger partial charge in [-0.25, -0.2) is 0 Å². The van der Waals surface area contributed by atoms with E-state index in [9.17, 15) is 0 Å². The highest BCUT2D eigenvalue weighted by molar-refractivity contribution is 4.64. The van der Waals surface area contributed by atoms with Crippen molar-refractivity contribution in [2.45, 2.75) is 144 Å². The van der Waals surface area contributed by atoms with Crippen LogP contribution in [-0.2, 0) is 0 Å². The zero-order valence-electron chi connectivity index (χ0n) is 24.1. The largest absolute Gasteiger partial charge is 0.317 e. The van der Waals surface area contributed by atoms with E-state index in [-0.39, 0.29) is 0 Å². The second kappa shape index (κ2) is 22.4. The van der Waals surface area contributed by atoms with Gasteiger partial charge in [-0.15, -0.1) is 0 Å². The third-order valence-corrected chi connectivity index (χ3v) is 6.52. The first-order valence-electron chi connectivity index (χ1n) is 14.8. The van der Waals surface area contributed by atoms with Crippen LogP contribution in [0.3, 0.4) is 0 Å². The van der Waals surface area contributed by atoms with Crippen molar-refractivity contribution in [1.82, 2.24) is 16.0 Å². The van der Waals surface area contributed by atoms with Gasteiger partial charge in [-0.2, -0.15) is 0 Å². The van der Waals surface area contributed by atoms with Crippen LogP contribution in [0.5, 0.6) is 0 Å². The summed E-state index contributed by atoms with van der Waals surface area (Å²) < 4.78 is 0. The van der Waals surface area contributed by atoms with Crippen molar-refractivity contribution >= 4 is 0 Å². The number of rotatable bonds is 24. The summed E-state index contributed by atoms with van der Waals surface area (Å²) in [5.41, 5.74) is 0.927. The summed E-state index contributed by atoms with van der Waals surface area (Å²) >= 11 is 0. The van der Waals surface area contributed by atoms with Crippen molar-refractivity contribution in [2.75, 3.05) is 39.3 Å². The van der Waals surface area contributed by atoms with Crippen LogP contribution < -0.4 is 16.0 Å². The smallest absolute Gasteiger partial charge is 0.00439 e. The summed E-state index contributed by atoms with van der Waals surface area (Å²) in [6.45, 7) is 21.1. The van der Waals surface area contributed by atoms with E-state index in [4.69, 9.17) is 0 Å². The molecule has 0 rings (SSSR count). The van der Waals surface area contributed by atoms with Crippen LogP contribution >= 0.6 is 0 Å². The quantitative estimate of drug-likeness (QED) is 0.125. The maximum absolute atomic E-state index is 3.65. The molecule has 3 heteroatoms. The first kappa shape index (κ1) is 32.9. The second-order valence-electron chi connectivity index (χ2n) is 12.8. The van der Waals surface area contributed by atoms with Gasteiger partial charge in [0.2, 0.25) is 0 Å². The van der Waals surface area contributed by atoms with Crippen molar-refractivity contribution in [3.8, 4) is 0 Å². The van der Waals surface area contributed by atoms with Crippen LogP contribution in [-0.4, -0.2) is 39.3 Å². The Morgan fingerprint density at radius 3 is 0.758 bits per heavy atom. The average molecular weight is 468 g/mol. The van der Waals surface area contributed by atoms with Crippen LogP contribution in [0.2, 0.25) is 0 Å². The van der Waals surface area contributed by atoms with E-state index in [1.165, 1.54) is 142 Å². The zero-order chi connectivity index (χ0) is 24.7. The van der Waals surface area contributed by atoms with Gasteiger partial charge in [-0.3, -0.25) is 0 Å². The maximum Gasteiger partial charge on any atom is -0.00439 e. The Labute approximate surface area is 210 Å². The fourth-order valence-corrected chi connectivity index (χ4v) is 4.07. The van der Waals surface area contributed by atoms with Crippen molar-refractivity contribution in [1.29, 1.82) is 0 Å². The predicted molar refractivity (Wildman–Crippen MR) is 151 cm³/mol. The van der Waals surface area contributed by atoms with Gasteiger partial charge in [0, 0.05) is 0 Å². The summed E-state index contributed by atoms with van der Waals surface area (Å²) in [7, 11) is 0. The summed E-state index contributed by atoms with van der Waals surface area (Å²) in [6.07, 6.45) is 22.1. The third kappa shape index (κ3) is 31.9. The van der Waals surface area contributed by atoms with Gasteiger partial charge in [-0.05, 0) is 88.6 Å². The highest BCUT2D eigenvalue weighted by Crippen LogP contribution is 2.17. The summed E-state index contributed by atoms with van der Waals surface area (Å²) in [4.78, 5) is 0. The molecule has 0 heterocycles. The lowest BCUT2D eigenvalue weighted by Crippen LogP contribution is -2.21. The molecule has 0 saturated heterocycles. The van der Waals surface area contributed by atoms with E-state index in [0.717, 1.165) is 0 Å². The molecule has 0 bridgehead atoms. The van der Waals surface area contributed by atoms with Crippen molar-refractivity contribution in [2.24, 2.45) is 10.8 Å². The molecular formula is C30H65N3. The molecule has 0 radical (unpaired) electrons. The molecule has 0 atom stereocenters. The van der Waals surface area contributed by atoms with Crippen LogP contribution in [0.1, 0.15) is 144 Å². The summed E-state index contributed by atoms with van der Waals surface area (Å²) in [5.74, 6) is 0. The topological polar surface area (TPSA) is 36.1 Å². The van der Waals surface area contributed by atoms with E-state index in [1.54, 1.807) is 0 Å². The Bertz CT molecular complexity index is 345. The lowest BCUT2D eigenvalue weighted by atomic mass is 9.92. The molecule has 0 aliphatic carbocycles. The molecule has 0 aliphatic heterocycles. The highest BCUT2D eigenvalue weighted by atomic mass is 14.9. The van der Waals surface area contributed by atoms with Crippen LogP contribution in [0.4, 0.5) is 0 Å².